The number of nitrogens with one attached hydrogen (secondary N) is 1. The maximum Gasteiger partial charge on any atom is 0.320 e. The molecule has 3 N–H and O–H groups in total. The van der Waals surface area contributed by atoms with Crippen LogP contribution in [0.2, 0.25) is 0 Å². The van der Waals surface area contributed by atoms with Crippen molar-refractivity contribution in [1.82, 2.24) is 5.32 Å². The second-order valence-corrected chi connectivity index (χ2v) is 5.97. The molecule has 0 spiro atoms. The predicted molar refractivity (Wildman–Crippen MR) is 72.3 cm³/mol. The van der Waals surface area contributed by atoms with Gasteiger partial charge in [-0.05, 0) is 30.6 Å². The molecule has 0 aromatic heterocycles. The molecule has 19 heavy (non-hydrogen) atoms. The molecule has 1 fully saturated rings. The highest BCUT2D eigenvalue weighted by Crippen LogP contribution is 2.35. The van der Waals surface area contributed by atoms with Gasteiger partial charge in [0.1, 0.15) is 6.10 Å². The Balaban J connectivity index is 2.40. The molecule has 0 bridgehead atoms. The smallest absolute Gasteiger partial charge is 0.320 e. The Bertz CT molecular complexity index is 281. The summed E-state index contributed by atoms with van der Waals surface area (Å²) in [6.45, 7) is 6.53. The van der Waals surface area contributed by atoms with Crippen molar-refractivity contribution in [1.29, 1.82) is 0 Å². The van der Waals surface area contributed by atoms with Gasteiger partial charge in [-0.15, -0.1) is 0 Å². The lowest BCUT2D eigenvalue weighted by Crippen LogP contribution is -2.39. The monoisotopic (exact) mass is 273 g/mol. The fourth-order valence-corrected chi connectivity index (χ4v) is 2.76. The molecule has 0 radical (unpaired) electrons. The van der Waals surface area contributed by atoms with E-state index in [0.29, 0.717) is 17.8 Å². The Morgan fingerprint density at radius 1 is 1.37 bits per heavy atom. The maximum absolute atomic E-state index is 11.7. The SMILES string of the molecule is CC(C)[C@@H]1CC[C@@H](C)C[C@H]1OC(=O)CNCC(O)O. The van der Waals surface area contributed by atoms with Gasteiger partial charge in [-0.1, -0.05) is 27.2 Å². The summed E-state index contributed by atoms with van der Waals surface area (Å²) in [5, 5.41) is 20.0. The van der Waals surface area contributed by atoms with Gasteiger partial charge in [-0.2, -0.15) is 0 Å². The highest BCUT2D eigenvalue weighted by Gasteiger charge is 2.33. The van der Waals surface area contributed by atoms with E-state index in [-0.39, 0.29) is 25.2 Å². The Morgan fingerprint density at radius 2 is 2.05 bits per heavy atom. The number of hydrogen-bond donors (Lipinski definition) is 3. The van der Waals surface area contributed by atoms with Gasteiger partial charge in [0, 0.05) is 6.54 Å². The van der Waals surface area contributed by atoms with Crippen molar-refractivity contribution in [2.24, 2.45) is 17.8 Å². The van der Waals surface area contributed by atoms with Gasteiger partial charge in [-0.3, -0.25) is 4.79 Å². The highest BCUT2D eigenvalue weighted by molar-refractivity contribution is 5.71. The van der Waals surface area contributed by atoms with E-state index in [1.807, 2.05) is 0 Å². The second kappa shape index (κ2) is 7.82. The Morgan fingerprint density at radius 3 is 2.63 bits per heavy atom. The topological polar surface area (TPSA) is 78.8 Å². The number of carbonyl (C=O) groups excluding carboxylic acids is 1. The zero-order valence-electron chi connectivity index (χ0n) is 12.1. The van der Waals surface area contributed by atoms with E-state index >= 15 is 0 Å². The lowest BCUT2D eigenvalue weighted by molar-refractivity contribution is -0.155. The van der Waals surface area contributed by atoms with E-state index in [4.69, 9.17) is 14.9 Å². The van der Waals surface area contributed by atoms with Crippen molar-refractivity contribution in [2.75, 3.05) is 13.1 Å². The third-order valence-corrected chi connectivity index (χ3v) is 3.84. The molecule has 5 nitrogen and oxygen atoms in total. The van der Waals surface area contributed by atoms with Crippen LogP contribution < -0.4 is 5.32 Å². The van der Waals surface area contributed by atoms with Crippen LogP contribution in [-0.2, 0) is 9.53 Å². The molecule has 5 heteroatoms. The summed E-state index contributed by atoms with van der Waals surface area (Å²) >= 11 is 0. The number of esters is 1. The molecule has 0 heterocycles. The minimum absolute atomic E-state index is 0.00269. The quantitative estimate of drug-likeness (QED) is 0.495. The van der Waals surface area contributed by atoms with E-state index in [2.05, 4.69) is 26.1 Å². The van der Waals surface area contributed by atoms with Gasteiger partial charge in [-0.25, -0.2) is 0 Å². The molecule has 0 unspecified atom stereocenters. The van der Waals surface area contributed by atoms with Gasteiger partial charge in [0.25, 0.3) is 0 Å². The zero-order chi connectivity index (χ0) is 14.4. The molecule has 0 aromatic rings. The minimum atomic E-state index is -1.44. The van der Waals surface area contributed by atoms with E-state index < -0.39 is 6.29 Å². The van der Waals surface area contributed by atoms with Crippen LogP contribution in [0.4, 0.5) is 0 Å². The maximum atomic E-state index is 11.7. The van der Waals surface area contributed by atoms with Crippen LogP contribution >= 0.6 is 0 Å². The van der Waals surface area contributed by atoms with Gasteiger partial charge in [0.2, 0.25) is 0 Å². The van der Waals surface area contributed by atoms with Gasteiger partial charge in [0.05, 0.1) is 6.54 Å². The molecule has 0 aliphatic heterocycles. The first kappa shape index (κ1) is 16.4. The van der Waals surface area contributed by atoms with Crippen molar-refractivity contribution in [3.63, 3.8) is 0 Å². The number of ether oxygens (including phenoxy) is 1. The van der Waals surface area contributed by atoms with Gasteiger partial charge in [0.15, 0.2) is 6.29 Å². The summed E-state index contributed by atoms with van der Waals surface area (Å²) in [5.41, 5.74) is 0. The summed E-state index contributed by atoms with van der Waals surface area (Å²) < 4.78 is 5.55. The van der Waals surface area contributed by atoms with Crippen LogP contribution in [0.3, 0.4) is 0 Å². The third kappa shape index (κ3) is 5.89. The normalized spacial score (nSPS) is 27.8. The van der Waals surface area contributed by atoms with Crippen LogP contribution in [0, 0.1) is 17.8 Å². The van der Waals surface area contributed by atoms with Gasteiger partial charge >= 0.3 is 5.97 Å². The molecule has 1 aliphatic rings. The molecular weight excluding hydrogens is 246 g/mol. The average Bonchev–Trinajstić information content (AvgIpc) is 2.27. The number of hydrogen-bond acceptors (Lipinski definition) is 5. The van der Waals surface area contributed by atoms with E-state index in [0.717, 1.165) is 12.8 Å². The Kier molecular flexibility index (Phi) is 6.75. The predicted octanol–water partition coefficient (Wildman–Crippen LogP) is 0.891. The molecule has 1 aliphatic carbocycles. The Labute approximate surface area is 115 Å². The molecule has 1 saturated carbocycles. The summed E-state index contributed by atoms with van der Waals surface area (Å²) in [6, 6.07) is 0. The molecule has 0 aromatic carbocycles. The minimum Gasteiger partial charge on any atom is -0.461 e. The lowest BCUT2D eigenvalue weighted by Gasteiger charge is -2.36. The second-order valence-electron chi connectivity index (χ2n) is 5.97. The standard InChI is InChI=1S/C14H27NO4/c1-9(2)11-5-4-10(3)6-12(11)19-14(18)8-15-7-13(16)17/h9-13,15-17H,4-8H2,1-3H3/t10-,11+,12-/m1/s1. The van der Waals surface area contributed by atoms with E-state index in [1.54, 1.807) is 0 Å². The number of aliphatic hydroxyl groups is 2. The molecule has 3 atom stereocenters. The van der Waals surface area contributed by atoms with E-state index in [1.165, 1.54) is 6.42 Å². The van der Waals surface area contributed by atoms with Crippen molar-refractivity contribution < 1.29 is 19.7 Å². The molecule has 1 rings (SSSR count). The summed E-state index contributed by atoms with van der Waals surface area (Å²) in [6.07, 6.45) is 1.80. The first-order valence-electron chi connectivity index (χ1n) is 7.16. The molecule has 0 saturated heterocycles. The van der Waals surface area contributed by atoms with Crippen molar-refractivity contribution >= 4 is 5.97 Å². The molecular formula is C14H27NO4. The van der Waals surface area contributed by atoms with Gasteiger partial charge < -0.3 is 20.3 Å². The summed E-state index contributed by atoms with van der Waals surface area (Å²) in [4.78, 5) is 11.7. The fraction of sp³-hybridized carbons (Fsp3) is 0.929. The van der Waals surface area contributed by atoms with Crippen molar-refractivity contribution in [3.8, 4) is 0 Å². The average molecular weight is 273 g/mol. The highest BCUT2D eigenvalue weighted by atomic mass is 16.5. The Hall–Kier alpha value is -0.650. The van der Waals surface area contributed by atoms with Crippen LogP contribution in [-0.4, -0.2) is 41.7 Å². The van der Waals surface area contributed by atoms with Crippen LogP contribution in [0.25, 0.3) is 0 Å². The number of rotatable bonds is 6. The number of aliphatic hydroxyl groups excluding tert-OH is 1. The summed E-state index contributed by atoms with van der Waals surface area (Å²) in [7, 11) is 0. The number of carbonyl (C=O) groups is 1. The fourth-order valence-electron chi connectivity index (χ4n) is 2.76. The summed E-state index contributed by atoms with van der Waals surface area (Å²) in [5.74, 6) is 1.23. The van der Waals surface area contributed by atoms with Crippen LogP contribution in [0.1, 0.15) is 40.0 Å². The molecule has 0 amide bonds. The third-order valence-electron chi connectivity index (χ3n) is 3.84. The molecule has 112 valence electrons. The van der Waals surface area contributed by atoms with Crippen molar-refractivity contribution in [3.05, 3.63) is 0 Å². The van der Waals surface area contributed by atoms with Crippen LogP contribution in [0.5, 0.6) is 0 Å². The largest absolute Gasteiger partial charge is 0.461 e. The lowest BCUT2D eigenvalue weighted by atomic mass is 9.75. The van der Waals surface area contributed by atoms with E-state index in [9.17, 15) is 4.79 Å². The van der Waals surface area contributed by atoms with Crippen molar-refractivity contribution in [2.45, 2.75) is 52.4 Å². The zero-order valence-corrected chi connectivity index (χ0v) is 12.1. The van der Waals surface area contributed by atoms with Crippen LogP contribution in [0.15, 0.2) is 0 Å². The first-order chi connectivity index (χ1) is 8.90. The first-order valence-corrected chi connectivity index (χ1v) is 7.16.